The number of hydrogen-bond donors (Lipinski definition) is 1. The number of carbonyl (C=O) groups is 2. The summed E-state index contributed by atoms with van der Waals surface area (Å²) < 4.78 is 0. The van der Waals surface area contributed by atoms with E-state index in [1.807, 2.05) is 0 Å². The summed E-state index contributed by atoms with van der Waals surface area (Å²) in [5.74, 6) is -1.59. The highest BCUT2D eigenvalue weighted by Crippen LogP contribution is 2.37. The van der Waals surface area contributed by atoms with Crippen molar-refractivity contribution in [3.05, 3.63) is 51.3 Å². The van der Waals surface area contributed by atoms with E-state index in [-0.39, 0.29) is 11.3 Å². The number of non-ortho nitro benzene ring substituents is 1. The Hall–Kier alpha value is -2.22. The average molecular weight is 369 g/mol. The predicted octanol–water partition coefficient (Wildman–Crippen LogP) is 2.27. The summed E-state index contributed by atoms with van der Waals surface area (Å²) in [6.07, 6.45) is 0. The van der Waals surface area contributed by atoms with E-state index in [9.17, 15) is 24.8 Å². The SMILES string of the molecule is CC(=O)C1=C(O)C(=O)N(CCBr)[C@H]1c1ccc([N+](=O)[O-])cc1. The fourth-order valence-corrected chi connectivity index (χ4v) is 2.84. The molecule has 0 aliphatic carbocycles. The Balaban J connectivity index is 2.49. The molecule has 1 aromatic carbocycles. The van der Waals surface area contributed by atoms with Crippen LogP contribution in [0.4, 0.5) is 5.69 Å². The van der Waals surface area contributed by atoms with Crippen molar-refractivity contribution in [2.45, 2.75) is 13.0 Å². The highest BCUT2D eigenvalue weighted by molar-refractivity contribution is 9.09. The smallest absolute Gasteiger partial charge is 0.290 e. The van der Waals surface area contributed by atoms with Gasteiger partial charge in [0.25, 0.3) is 11.6 Å². The van der Waals surface area contributed by atoms with Crippen molar-refractivity contribution in [1.82, 2.24) is 4.90 Å². The molecule has 0 fully saturated rings. The topological polar surface area (TPSA) is 101 Å². The quantitative estimate of drug-likeness (QED) is 0.488. The number of rotatable bonds is 5. The number of nitro benzene ring substituents is 1. The van der Waals surface area contributed by atoms with Crippen LogP contribution >= 0.6 is 15.9 Å². The van der Waals surface area contributed by atoms with Gasteiger partial charge in [-0.05, 0) is 24.6 Å². The third-order valence-electron chi connectivity index (χ3n) is 3.43. The number of amides is 1. The van der Waals surface area contributed by atoms with Crippen molar-refractivity contribution >= 4 is 33.3 Å². The molecule has 7 nitrogen and oxygen atoms in total. The fourth-order valence-electron chi connectivity index (χ4n) is 2.46. The maximum Gasteiger partial charge on any atom is 0.290 e. The normalized spacial score (nSPS) is 18.0. The summed E-state index contributed by atoms with van der Waals surface area (Å²) in [5, 5.41) is 21.1. The zero-order valence-corrected chi connectivity index (χ0v) is 13.2. The molecule has 1 aromatic rings. The zero-order chi connectivity index (χ0) is 16.4. The van der Waals surface area contributed by atoms with E-state index in [4.69, 9.17) is 0 Å². The predicted molar refractivity (Wildman–Crippen MR) is 81.7 cm³/mol. The van der Waals surface area contributed by atoms with Crippen molar-refractivity contribution in [2.75, 3.05) is 11.9 Å². The number of nitrogens with zero attached hydrogens (tertiary/aromatic N) is 2. The molecule has 0 aromatic heterocycles. The van der Waals surface area contributed by atoms with Gasteiger partial charge in [0, 0.05) is 24.0 Å². The standard InChI is InChI=1S/C14H13BrN2O5/c1-8(18)11-12(16(7-6-15)14(20)13(11)19)9-2-4-10(5-3-9)17(21)22/h2-5,12,19H,6-7H2,1H3/t12-/m0/s1. The number of halogens is 1. The third kappa shape index (κ3) is 2.74. The number of carbonyl (C=O) groups excluding carboxylic acids is 2. The molecular formula is C14H13BrN2O5. The number of alkyl halides is 1. The first kappa shape index (κ1) is 16.2. The average Bonchev–Trinajstić information content (AvgIpc) is 2.72. The molecule has 1 heterocycles. The molecule has 0 spiro atoms. The molecule has 0 saturated carbocycles. The van der Waals surface area contributed by atoms with Gasteiger partial charge < -0.3 is 10.0 Å². The number of Topliss-reactive ketones (excluding diaryl/α,β-unsaturated/α-hetero) is 1. The molecule has 0 unspecified atom stereocenters. The first-order chi connectivity index (χ1) is 10.4. The van der Waals surface area contributed by atoms with Crippen LogP contribution in [0.1, 0.15) is 18.5 Å². The Labute approximate surface area is 134 Å². The molecule has 2 rings (SSSR count). The Morgan fingerprint density at radius 1 is 1.41 bits per heavy atom. The molecule has 116 valence electrons. The second-order valence-corrected chi connectivity index (χ2v) is 5.55. The van der Waals surface area contributed by atoms with Crippen LogP contribution in [0.15, 0.2) is 35.6 Å². The number of hydrogen-bond acceptors (Lipinski definition) is 5. The number of benzene rings is 1. The summed E-state index contributed by atoms with van der Waals surface area (Å²) in [6, 6.07) is 4.85. The molecule has 22 heavy (non-hydrogen) atoms. The summed E-state index contributed by atoms with van der Waals surface area (Å²) in [5.41, 5.74) is 0.464. The van der Waals surface area contributed by atoms with Gasteiger partial charge in [-0.15, -0.1) is 0 Å². The van der Waals surface area contributed by atoms with E-state index >= 15 is 0 Å². The molecule has 8 heteroatoms. The summed E-state index contributed by atoms with van der Waals surface area (Å²) in [4.78, 5) is 35.4. The van der Waals surface area contributed by atoms with E-state index in [1.165, 1.54) is 36.1 Å². The van der Waals surface area contributed by atoms with Gasteiger partial charge in [-0.3, -0.25) is 19.7 Å². The van der Waals surface area contributed by atoms with Gasteiger partial charge in [-0.25, -0.2) is 0 Å². The van der Waals surface area contributed by atoms with E-state index in [0.29, 0.717) is 17.4 Å². The van der Waals surface area contributed by atoms with Gasteiger partial charge in [0.05, 0.1) is 16.5 Å². The molecule has 0 bridgehead atoms. The molecule has 1 amide bonds. The lowest BCUT2D eigenvalue weighted by molar-refractivity contribution is -0.384. The minimum Gasteiger partial charge on any atom is -0.503 e. The molecule has 1 aliphatic heterocycles. The summed E-state index contributed by atoms with van der Waals surface area (Å²) in [7, 11) is 0. The van der Waals surface area contributed by atoms with Crippen LogP contribution in [0.5, 0.6) is 0 Å². The fraction of sp³-hybridized carbons (Fsp3) is 0.286. The van der Waals surface area contributed by atoms with Crippen LogP contribution < -0.4 is 0 Å². The van der Waals surface area contributed by atoms with Crippen molar-refractivity contribution in [3.63, 3.8) is 0 Å². The van der Waals surface area contributed by atoms with Crippen molar-refractivity contribution in [2.24, 2.45) is 0 Å². The van der Waals surface area contributed by atoms with Crippen LogP contribution in [0.3, 0.4) is 0 Å². The molecule has 1 atom stereocenters. The summed E-state index contributed by atoms with van der Waals surface area (Å²) in [6.45, 7) is 1.57. The Kier molecular flexibility index (Phi) is 4.60. The number of ketones is 1. The van der Waals surface area contributed by atoms with E-state index in [0.717, 1.165) is 0 Å². The Morgan fingerprint density at radius 3 is 2.45 bits per heavy atom. The largest absolute Gasteiger partial charge is 0.503 e. The highest BCUT2D eigenvalue weighted by Gasteiger charge is 2.41. The van der Waals surface area contributed by atoms with Gasteiger partial charge in [0.2, 0.25) is 0 Å². The van der Waals surface area contributed by atoms with E-state index in [1.54, 1.807) is 0 Å². The van der Waals surface area contributed by atoms with Crippen molar-refractivity contribution in [1.29, 1.82) is 0 Å². The maximum absolute atomic E-state index is 12.1. The molecule has 0 saturated heterocycles. The number of nitro groups is 1. The van der Waals surface area contributed by atoms with Crippen LogP contribution in [-0.4, -0.2) is 38.5 Å². The first-order valence-electron chi connectivity index (χ1n) is 6.43. The van der Waals surface area contributed by atoms with E-state index < -0.39 is 28.4 Å². The Bertz CT molecular complexity index is 668. The lowest BCUT2D eigenvalue weighted by Crippen LogP contribution is -2.32. The molecule has 1 aliphatic rings. The van der Waals surface area contributed by atoms with Crippen LogP contribution in [0, 0.1) is 10.1 Å². The van der Waals surface area contributed by atoms with Gasteiger partial charge in [-0.1, -0.05) is 15.9 Å². The van der Waals surface area contributed by atoms with Crippen LogP contribution in [0.2, 0.25) is 0 Å². The highest BCUT2D eigenvalue weighted by atomic mass is 79.9. The lowest BCUT2D eigenvalue weighted by Gasteiger charge is -2.25. The number of aliphatic hydroxyl groups is 1. The van der Waals surface area contributed by atoms with Gasteiger partial charge in [0.1, 0.15) is 0 Å². The minimum absolute atomic E-state index is 0.0137. The van der Waals surface area contributed by atoms with E-state index in [2.05, 4.69) is 15.9 Å². The van der Waals surface area contributed by atoms with Crippen LogP contribution in [0.25, 0.3) is 0 Å². The lowest BCUT2D eigenvalue weighted by atomic mass is 9.96. The summed E-state index contributed by atoms with van der Waals surface area (Å²) >= 11 is 3.23. The van der Waals surface area contributed by atoms with Crippen molar-refractivity contribution < 1.29 is 19.6 Å². The van der Waals surface area contributed by atoms with Crippen LogP contribution in [-0.2, 0) is 9.59 Å². The molecular weight excluding hydrogens is 356 g/mol. The number of aliphatic hydroxyl groups excluding tert-OH is 1. The van der Waals surface area contributed by atoms with Gasteiger partial charge in [0.15, 0.2) is 11.5 Å². The second-order valence-electron chi connectivity index (χ2n) is 4.76. The minimum atomic E-state index is -0.733. The third-order valence-corrected chi connectivity index (χ3v) is 3.78. The second kappa shape index (κ2) is 6.27. The van der Waals surface area contributed by atoms with Gasteiger partial charge in [-0.2, -0.15) is 0 Å². The first-order valence-corrected chi connectivity index (χ1v) is 7.56. The molecule has 1 N–H and O–H groups in total. The van der Waals surface area contributed by atoms with Crippen molar-refractivity contribution in [3.8, 4) is 0 Å². The molecule has 0 radical (unpaired) electrons. The van der Waals surface area contributed by atoms with Gasteiger partial charge >= 0.3 is 0 Å². The Morgan fingerprint density at radius 2 is 2.00 bits per heavy atom. The zero-order valence-electron chi connectivity index (χ0n) is 11.7. The monoisotopic (exact) mass is 368 g/mol. The maximum atomic E-state index is 12.1.